The van der Waals surface area contributed by atoms with Gasteiger partial charge in [0.15, 0.2) is 12.8 Å². The van der Waals surface area contributed by atoms with Gasteiger partial charge in [-0.3, -0.25) is 0 Å². The van der Waals surface area contributed by atoms with Crippen LogP contribution in [0.2, 0.25) is 0 Å². The van der Waals surface area contributed by atoms with Crippen molar-refractivity contribution in [1.82, 2.24) is 0 Å². The first-order valence-corrected chi connectivity index (χ1v) is 8.16. The third-order valence-electron chi connectivity index (χ3n) is 3.49. The van der Waals surface area contributed by atoms with Gasteiger partial charge in [-0.25, -0.2) is 4.74 Å². The molecule has 3 rings (SSSR count). The molecule has 0 saturated heterocycles. The summed E-state index contributed by atoms with van der Waals surface area (Å²) >= 11 is 1.69. The molecule has 0 N–H and O–H groups in total. The zero-order valence-electron chi connectivity index (χ0n) is 12.2. The van der Waals surface area contributed by atoms with E-state index in [4.69, 9.17) is 0 Å². The molecule has 0 bridgehead atoms. The number of rotatable bonds is 5. The summed E-state index contributed by atoms with van der Waals surface area (Å²) in [5.74, 6) is 0. The van der Waals surface area contributed by atoms with Crippen molar-refractivity contribution in [3.05, 3.63) is 88.4 Å². The number of thiophene rings is 1. The minimum atomic E-state index is 0.461. The lowest BCUT2D eigenvalue weighted by atomic mass is 10.1. The Labute approximate surface area is 134 Å². The van der Waals surface area contributed by atoms with Crippen LogP contribution in [0.1, 0.15) is 11.1 Å². The molecule has 3 heteroatoms. The summed E-state index contributed by atoms with van der Waals surface area (Å²) < 4.78 is 1.03. The predicted octanol–water partition coefficient (Wildman–Crippen LogP) is 4.59. The van der Waals surface area contributed by atoms with Gasteiger partial charge in [0, 0.05) is 22.4 Å². The standard InChI is InChI=1S/C19H17NOS/c21-20(13-12-16-7-2-1-3-8-16)15-17-9-4-5-10-18(17)19-11-6-14-22-19/h1-11,14-15H,12-13H2/b20-15+. The number of hydrogen-bond acceptors (Lipinski definition) is 2. The van der Waals surface area contributed by atoms with Crippen LogP contribution in [-0.2, 0) is 6.42 Å². The highest BCUT2D eigenvalue weighted by Gasteiger charge is 2.06. The zero-order chi connectivity index (χ0) is 15.2. The van der Waals surface area contributed by atoms with E-state index >= 15 is 0 Å². The van der Waals surface area contributed by atoms with E-state index in [-0.39, 0.29) is 0 Å². The number of hydrogen-bond donors (Lipinski definition) is 0. The van der Waals surface area contributed by atoms with Crippen LogP contribution in [-0.4, -0.2) is 17.5 Å². The zero-order valence-corrected chi connectivity index (χ0v) is 13.0. The molecule has 0 saturated carbocycles. The minimum Gasteiger partial charge on any atom is -0.624 e. The van der Waals surface area contributed by atoms with E-state index in [0.717, 1.165) is 22.3 Å². The molecule has 0 fully saturated rings. The summed E-state index contributed by atoms with van der Waals surface area (Å²) in [6.45, 7) is 0.461. The Morgan fingerprint density at radius 2 is 1.68 bits per heavy atom. The average Bonchev–Trinajstić information content (AvgIpc) is 3.09. The van der Waals surface area contributed by atoms with Crippen molar-refractivity contribution in [2.75, 3.05) is 6.54 Å². The van der Waals surface area contributed by atoms with Crippen LogP contribution in [0.15, 0.2) is 72.1 Å². The second-order valence-electron chi connectivity index (χ2n) is 5.07. The molecule has 110 valence electrons. The number of nitrogens with zero attached hydrogens (tertiary/aromatic N) is 1. The van der Waals surface area contributed by atoms with E-state index in [2.05, 4.69) is 17.5 Å². The van der Waals surface area contributed by atoms with Gasteiger partial charge in [-0.2, -0.15) is 0 Å². The first-order valence-electron chi connectivity index (χ1n) is 7.28. The van der Waals surface area contributed by atoms with E-state index in [0.29, 0.717) is 6.54 Å². The quantitative estimate of drug-likeness (QED) is 0.293. The fourth-order valence-electron chi connectivity index (χ4n) is 2.37. The lowest BCUT2D eigenvalue weighted by Crippen LogP contribution is -2.10. The molecule has 0 aliphatic rings. The minimum absolute atomic E-state index is 0.461. The summed E-state index contributed by atoms with van der Waals surface area (Å²) in [6.07, 6.45) is 2.44. The van der Waals surface area contributed by atoms with Gasteiger partial charge in [-0.05, 0) is 23.1 Å². The molecule has 22 heavy (non-hydrogen) atoms. The normalized spacial score (nSPS) is 11.5. The molecule has 2 nitrogen and oxygen atoms in total. The summed E-state index contributed by atoms with van der Waals surface area (Å²) in [7, 11) is 0. The fraction of sp³-hybridized carbons (Fsp3) is 0.105. The summed E-state index contributed by atoms with van der Waals surface area (Å²) in [5, 5.41) is 14.2. The second-order valence-corrected chi connectivity index (χ2v) is 6.02. The molecule has 0 aliphatic carbocycles. The van der Waals surface area contributed by atoms with Crippen LogP contribution >= 0.6 is 11.3 Å². The van der Waals surface area contributed by atoms with Gasteiger partial charge >= 0.3 is 0 Å². The SMILES string of the molecule is [O-]/[N+](=C/c1ccccc1-c1cccs1)CCc1ccccc1. The average molecular weight is 307 g/mol. The topological polar surface area (TPSA) is 26.1 Å². The van der Waals surface area contributed by atoms with Gasteiger partial charge in [0.25, 0.3) is 0 Å². The Morgan fingerprint density at radius 1 is 0.909 bits per heavy atom. The number of benzene rings is 2. The molecule has 0 atom stereocenters. The first kappa shape index (κ1) is 14.5. The molecule has 3 aromatic rings. The molecule has 0 amide bonds. The summed E-state index contributed by atoms with van der Waals surface area (Å²) in [5.41, 5.74) is 3.26. The molecule has 1 heterocycles. The van der Waals surface area contributed by atoms with Crippen LogP contribution < -0.4 is 0 Å². The molecule has 0 unspecified atom stereocenters. The smallest absolute Gasteiger partial charge is 0.182 e. The number of hydroxylamine groups is 1. The second kappa shape index (κ2) is 7.05. The van der Waals surface area contributed by atoms with Gasteiger partial charge in [0.2, 0.25) is 0 Å². The van der Waals surface area contributed by atoms with E-state index in [9.17, 15) is 5.21 Å². The summed E-state index contributed by atoms with van der Waals surface area (Å²) in [4.78, 5) is 1.18. The van der Waals surface area contributed by atoms with Crippen LogP contribution in [0, 0.1) is 5.21 Å². The molecule has 0 radical (unpaired) electrons. The Bertz CT molecular complexity index is 748. The Kier molecular flexibility index (Phi) is 4.66. The molecule has 1 aromatic heterocycles. The Morgan fingerprint density at radius 3 is 2.45 bits per heavy atom. The maximum Gasteiger partial charge on any atom is 0.182 e. The highest BCUT2D eigenvalue weighted by molar-refractivity contribution is 7.13. The fourth-order valence-corrected chi connectivity index (χ4v) is 3.14. The van der Waals surface area contributed by atoms with Crippen LogP contribution in [0.25, 0.3) is 10.4 Å². The maximum absolute atomic E-state index is 12.2. The van der Waals surface area contributed by atoms with Gasteiger partial charge < -0.3 is 5.21 Å². The molecular formula is C19H17NOS. The molecular weight excluding hydrogens is 290 g/mol. The van der Waals surface area contributed by atoms with E-state index in [1.54, 1.807) is 17.6 Å². The van der Waals surface area contributed by atoms with Crippen molar-refractivity contribution in [1.29, 1.82) is 0 Å². The van der Waals surface area contributed by atoms with Crippen molar-refractivity contribution < 1.29 is 4.74 Å². The van der Waals surface area contributed by atoms with Gasteiger partial charge in [-0.1, -0.05) is 54.6 Å². The summed E-state index contributed by atoms with van der Waals surface area (Å²) in [6, 6.07) is 22.2. The third-order valence-corrected chi connectivity index (χ3v) is 4.40. The third kappa shape index (κ3) is 3.62. The lowest BCUT2D eigenvalue weighted by molar-refractivity contribution is -0.451. The predicted molar refractivity (Wildman–Crippen MR) is 93.6 cm³/mol. The molecule has 0 spiro atoms. The monoisotopic (exact) mass is 307 g/mol. The highest BCUT2D eigenvalue weighted by atomic mass is 32.1. The van der Waals surface area contributed by atoms with Gasteiger partial charge in [0.1, 0.15) is 0 Å². The molecule has 2 aromatic carbocycles. The van der Waals surface area contributed by atoms with Crippen LogP contribution in [0.4, 0.5) is 0 Å². The van der Waals surface area contributed by atoms with Gasteiger partial charge in [0.05, 0.1) is 0 Å². The van der Waals surface area contributed by atoms with Crippen molar-refractivity contribution in [3.8, 4) is 10.4 Å². The van der Waals surface area contributed by atoms with E-state index in [1.807, 2.05) is 54.6 Å². The first-order chi connectivity index (χ1) is 10.8. The maximum atomic E-state index is 12.2. The molecule has 0 aliphatic heterocycles. The van der Waals surface area contributed by atoms with Crippen LogP contribution in [0.3, 0.4) is 0 Å². The largest absolute Gasteiger partial charge is 0.624 e. The lowest BCUT2D eigenvalue weighted by Gasteiger charge is -2.06. The van der Waals surface area contributed by atoms with E-state index in [1.165, 1.54) is 10.4 Å². The Hall–Kier alpha value is -2.39. The van der Waals surface area contributed by atoms with Crippen molar-refractivity contribution in [2.45, 2.75) is 6.42 Å². The Balaban J connectivity index is 1.77. The highest BCUT2D eigenvalue weighted by Crippen LogP contribution is 2.26. The van der Waals surface area contributed by atoms with Gasteiger partial charge in [-0.15, -0.1) is 11.3 Å². The van der Waals surface area contributed by atoms with Crippen molar-refractivity contribution in [2.24, 2.45) is 0 Å². The van der Waals surface area contributed by atoms with Crippen LogP contribution in [0.5, 0.6) is 0 Å². The van der Waals surface area contributed by atoms with Crippen molar-refractivity contribution >= 4 is 17.6 Å². The van der Waals surface area contributed by atoms with Crippen molar-refractivity contribution in [3.63, 3.8) is 0 Å². The van der Waals surface area contributed by atoms with E-state index < -0.39 is 0 Å².